The van der Waals surface area contributed by atoms with Crippen molar-refractivity contribution in [1.29, 1.82) is 10.5 Å². The number of hydrogen-bond donors (Lipinski definition) is 0. The second-order valence-corrected chi connectivity index (χ2v) is 3.40. The molecule has 92 valence electrons. The topological polar surface area (TPSA) is 56.8 Å². The third-order valence-electron chi connectivity index (χ3n) is 2.32. The molecule has 0 bridgehead atoms. The first-order valence-electron chi connectivity index (χ1n) is 5.08. The number of alkyl halides is 2. The number of methoxy groups -OCH3 is 1. The Balaban J connectivity index is 3.23. The summed E-state index contributed by atoms with van der Waals surface area (Å²) in [6.45, 7) is 0. The van der Waals surface area contributed by atoms with E-state index in [4.69, 9.17) is 15.3 Å². The maximum absolute atomic E-state index is 12.5. The first-order valence-corrected chi connectivity index (χ1v) is 5.08. The molecular weight excluding hydrogens is 238 g/mol. The van der Waals surface area contributed by atoms with Gasteiger partial charge in [0.05, 0.1) is 7.11 Å². The van der Waals surface area contributed by atoms with Crippen LogP contribution in [-0.2, 0) is 0 Å². The van der Waals surface area contributed by atoms with Crippen molar-refractivity contribution in [3.8, 4) is 17.9 Å². The monoisotopic (exact) mass is 248 g/mol. The predicted octanol–water partition coefficient (Wildman–Crippen LogP) is 3.15. The molecule has 1 aromatic carbocycles. The van der Waals surface area contributed by atoms with Crippen molar-refractivity contribution >= 4 is 5.57 Å². The van der Waals surface area contributed by atoms with Crippen molar-refractivity contribution < 1.29 is 13.5 Å². The minimum atomic E-state index is -2.61. The lowest BCUT2D eigenvalue weighted by Crippen LogP contribution is -1.97. The van der Waals surface area contributed by atoms with Gasteiger partial charge in [-0.1, -0.05) is 12.1 Å². The molecule has 0 aliphatic rings. The zero-order valence-electron chi connectivity index (χ0n) is 9.65. The zero-order chi connectivity index (χ0) is 13.5. The molecule has 0 aliphatic carbocycles. The Hall–Kier alpha value is -2.40. The third kappa shape index (κ3) is 3.29. The number of nitriles is 2. The molecule has 0 unspecified atom stereocenters. The van der Waals surface area contributed by atoms with Gasteiger partial charge in [-0.2, -0.15) is 10.5 Å². The van der Waals surface area contributed by atoms with Crippen LogP contribution in [0.25, 0.3) is 5.57 Å². The van der Waals surface area contributed by atoms with Gasteiger partial charge < -0.3 is 4.74 Å². The number of rotatable bonds is 4. The molecule has 0 aliphatic heterocycles. The van der Waals surface area contributed by atoms with Crippen molar-refractivity contribution in [2.45, 2.75) is 12.8 Å². The highest BCUT2D eigenvalue weighted by Crippen LogP contribution is 2.26. The minimum absolute atomic E-state index is 0.0534. The van der Waals surface area contributed by atoms with Crippen molar-refractivity contribution in [1.82, 2.24) is 0 Å². The van der Waals surface area contributed by atoms with Crippen LogP contribution in [0.4, 0.5) is 8.78 Å². The van der Waals surface area contributed by atoms with Gasteiger partial charge in [0.2, 0.25) is 6.43 Å². The number of benzene rings is 1. The van der Waals surface area contributed by atoms with Crippen LogP contribution in [0.3, 0.4) is 0 Å². The quantitative estimate of drug-likeness (QED) is 0.769. The molecular formula is C13H10F2N2O. The van der Waals surface area contributed by atoms with Gasteiger partial charge in [-0.05, 0) is 23.3 Å². The normalized spacial score (nSPS) is 9.44. The largest absolute Gasteiger partial charge is 0.497 e. The summed E-state index contributed by atoms with van der Waals surface area (Å²) in [4.78, 5) is 0. The summed E-state index contributed by atoms with van der Waals surface area (Å²) in [5, 5.41) is 17.5. The molecule has 0 saturated carbocycles. The van der Waals surface area contributed by atoms with Crippen LogP contribution in [0.15, 0.2) is 29.8 Å². The van der Waals surface area contributed by atoms with Gasteiger partial charge in [0.25, 0.3) is 0 Å². The van der Waals surface area contributed by atoms with E-state index >= 15 is 0 Å². The Kier molecular flexibility index (Phi) is 4.83. The van der Waals surface area contributed by atoms with E-state index in [1.807, 2.05) is 0 Å². The molecule has 0 heterocycles. The van der Waals surface area contributed by atoms with Crippen LogP contribution >= 0.6 is 0 Å². The molecule has 0 radical (unpaired) electrons. The molecule has 5 heteroatoms. The fourth-order valence-corrected chi connectivity index (χ4v) is 1.47. The summed E-state index contributed by atoms with van der Waals surface area (Å²) >= 11 is 0. The lowest BCUT2D eigenvalue weighted by atomic mass is 9.98. The van der Waals surface area contributed by atoms with E-state index in [0.29, 0.717) is 11.3 Å². The Labute approximate surface area is 104 Å². The number of allylic oxidation sites excluding steroid dienone is 2. The summed E-state index contributed by atoms with van der Waals surface area (Å²) in [7, 11) is 1.49. The third-order valence-corrected chi connectivity index (χ3v) is 2.32. The Morgan fingerprint density at radius 3 is 2.17 bits per heavy atom. The van der Waals surface area contributed by atoms with Gasteiger partial charge in [0, 0.05) is 6.42 Å². The van der Waals surface area contributed by atoms with Gasteiger partial charge in [-0.3, -0.25) is 0 Å². The van der Waals surface area contributed by atoms with Crippen molar-refractivity contribution in [2.75, 3.05) is 7.11 Å². The standard InChI is InChI=1S/C13H10F2N2O/c1-18-11-4-2-9(3-5-11)12(6-13(14)15)10(7-16)8-17/h2-5,13H,6H2,1H3. The Bertz CT molecular complexity index is 505. The van der Waals surface area contributed by atoms with E-state index < -0.39 is 12.8 Å². The van der Waals surface area contributed by atoms with Gasteiger partial charge in [-0.25, -0.2) is 8.78 Å². The van der Waals surface area contributed by atoms with Gasteiger partial charge in [0.15, 0.2) is 0 Å². The smallest absolute Gasteiger partial charge is 0.242 e. The number of hydrogen-bond acceptors (Lipinski definition) is 3. The van der Waals surface area contributed by atoms with Gasteiger partial charge in [-0.15, -0.1) is 0 Å². The van der Waals surface area contributed by atoms with Crippen LogP contribution < -0.4 is 4.74 Å². The molecule has 18 heavy (non-hydrogen) atoms. The molecule has 0 spiro atoms. The molecule has 0 N–H and O–H groups in total. The van der Waals surface area contributed by atoms with Gasteiger partial charge >= 0.3 is 0 Å². The highest BCUT2D eigenvalue weighted by molar-refractivity contribution is 5.75. The van der Waals surface area contributed by atoms with Crippen LogP contribution in [-0.4, -0.2) is 13.5 Å². The fraction of sp³-hybridized carbons (Fsp3) is 0.231. The van der Waals surface area contributed by atoms with Crippen molar-refractivity contribution in [3.63, 3.8) is 0 Å². The number of halogens is 2. The minimum Gasteiger partial charge on any atom is -0.497 e. The number of nitrogens with zero attached hydrogens (tertiary/aromatic N) is 2. The lowest BCUT2D eigenvalue weighted by molar-refractivity contribution is 0.155. The first-order chi connectivity index (χ1) is 8.62. The highest BCUT2D eigenvalue weighted by Gasteiger charge is 2.15. The highest BCUT2D eigenvalue weighted by atomic mass is 19.3. The van der Waals surface area contributed by atoms with Crippen molar-refractivity contribution in [3.05, 3.63) is 35.4 Å². The molecule has 0 fully saturated rings. The molecule has 0 saturated heterocycles. The van der Waals surface area contributed by atoms with Crippen LogP contribution in [0.2, 0.25) is 0 Å². The van der Waals surface area contributed by atoms with Crippen LogP contribution in [0, 0.1) is 22.7 Å². The first kappa shape index (κ1) is 13.7. The SMILES string of the molecule is COc1ccc(C(CC(F)F)=C(C#N)C#N)cc1. The summed E-state index contributed by atoms with van der Waals surface area (Å²) in [5.74, 6) is 0.575. The molecule has 0 atom stereocenters. The molecule has 3 nitrogen and oxygen atoms in total. The summed E-state index contributed by atoms with van der Waals surface area (Å²) in [6, 6.07) is 9.55. The van der Waals surface area contributed by atoms with E-state index in [-0.39, 0.29) is 11.1 Å². The number of ether oxygens (including phenoxy) is 1. The van der Waals surface area contributed by atoms with E-state index in [0.717, 1.165) is 0 Å². The van der Waals surface area contributed by atoms with E-state index in [2.05, 4.69) is 0 Å². The van der Waals surface area contributed by atoms with Crippen LogP contribution in [0.1, 0.15) is 12.0 Å². The predicted molar refractivity (Wildman–Crippen MR) is 61.8 cm³/mol. The summed E-state index contributed by atoms with van der Waals surface area (Å²) in [6.07, 6.45) is -3.23. The average molecular weight is 248 g/mol. The van der Waals surface area contributed by atoms with Crippen molar-refractivity contribution in [2.24, 2.45) is 0 Å². The second-order valence-electron chi connectivity index (χ2n) is 3.40. The maximum Gasteiger partial charge on any atom is 0.242 e. The van der Waals surface area contributed by atoms with E-state index in [9.17, 15) is 8.78 Å². The van der Waals surface area contributed by atoms with E-state index in [1.165, 1.54) is 7.11 Å². The second kappa shape index (κ2) is 6.36. The average Bonchev–Trinajstić information content (AvgIpc) is 2.38. The fourth-order valence-electron chi connectivity index (χ4n) is 1.47. The van der Waals surface area contributed by atoms with E-state index in [1.54, 1.807) is 36.4 Å². The Morgan fingerprint density at radius 2 is 1.78 bits per heavy atom. The lowest BCUT2D eigenvalue weighted by Gasteiger charge is -2.08. The zero-order valence-corrected chi connectivity index (χ0v) is 9.65. The summed E-state index contributed by atoms with van der Waals surface area (Å²) < 4.78 is 29.9. The van der Waals surface area contributed by atoms with Crippen LogP contribution in [0.5, 0.6) is 5.75 Å². The molecule has 1 aromatic rings. The molecule has 0 amide bonds. The molecule has 0 aromatic heterocycles. The van der Waals surface area contributed by atoms with Gasteiger partial charge in [0.1, 0.15) is 23.5 Å². The maximum atomic E-state index is 12.5. The molecule has 1 rings (SSSR count). The summed E-state index contributed by atoms with van der Waals surface area (Å²) in [5.41, 5.74) is 0.187. The Morgan fingerprint density at radius 1 is 1.22 bits per heavy atom.